The molecule has 3 rings (SSSR count). The van der Waals surface area contributed by atoms with E-state index in [0.29, 0.717) is 10.8 Å². The second-order valence-electron chi connectivity index (χ2n) is 4.63. The number of halogens is 3. The molecule has 0 aliphatic heterocycles. The highest BCUT2D eigenvalue weighted by atomic mass is 32.1. The lowest BCUT2D eigenvalue weighted by atomic mass is 10.3. The molecule has 0 aliphatic carbocycles. The topological polar surface area (TPSA) is 56.1 Å². The van der Waals surface area contributed by atoms with Crippen molar-refractivity contribution in [3.8, 4) is 10.9 Å². The summed E-state index contributed by atoms with van der Waals surface area (Å²) in [6.45, 7) is 0. The number of hydrogen-bond acceptors (Lipinski definition) is 4. The fourth-order valence-corrected chi connectivity index (χ4v) is 2.66. The molecule has 9 heteroatoms. The Morgan fingerprint density at radius 1 is 1.17 bits per heavy atom. The molecular weight excluding hydrogens is 343 g/mol. The third-order valence-corrected chi connectivity index (χ3v) is 3.75. The zero-order valence-electron chi connectivity index (χ0n) is 11.9. The van der Waals surface area contributed by atoms with Crippen molar-refractivity contribution in [1.82, 2.24) is 9.55 Å². The Morgan fingerprint density at radius 3 is 2.46 bits per heavy atom. The molecule has 0 aliphatic rings. The van der Waals surface area contributed by atoms with E-state index in [9.17, 15) is 18.0 Å². The van der Waals surface area contributed by atoms with Gasteiger partial charge in [-0.25, -0.2) is 4.98 Å². The minimum Gasteiger partial charge on any atom is -0.406 e. The lowest BCUT2D eigenvalue weighted by molar-refractivity contribution is -0.274. The number of benzene rings is 1. The van der Waals surface area contributed by atoms with Crippen LogP contribution in [0.1, 0.15) is 10.5 Å². The molecule has 5 nitrogen and oxygen atoms in total. The molecule has 124 valence electrons. The van der Waals surface area contributed by atoms with Gasteiger partial charge in [0.1, 0.15) is 11.4 Å². The van der Waals surface area contributed by atoms with Gasteiger partial charge in [0.05, 0.1) is 0 Å². The van der Waals surface area contributed by atoms with Crippen LogP contribution in [0.25, 0.3) is 5.13 Å². The molecule has 0 spiro atoms. The zero-order valence-corrected chi connectivity index (χ0v) is 12.8. The lowest BCUT2D eigenvalue weighted by Gasteiger charge is -2.09. The first-order valence-electron chi connectivity index (χ1n) is 6.67. The Morgan fingerprint density at radius 2 is 1.83 bits per heavy atom. The van der Waals surface area contributed by atoms with E-state index in [4.69, 9.17) is 0 Å². The number of thiazole rings is 1. The van der Waals surface area contributed by atoms with Crippen LogP contribution < -0.4 is 10.1 Å². The third-order valence-electron chi connectivity index (χ3n) is 2.90. The van der Waals surface area contributed by atoms with Crippen LogP contribution in [0.5, 0.6) is 5.75 Å². The molecule has 2 aromatic heterocycles. The largest absolute Gasteiger partial charge is 0.573 e. The number of carbonyl (C=O) groups is 1. The number of anilines is 1. The Bertz CT molecular complexity index is 827. The van der Waals surface area contributed by atoms with E-state index in [2.05, 4.69) is 15.0 Å². The molecule has 0 saturated heterocycles. The molecule has 0 fully saturated rings. The molecule has 3 aromatic rings. The van der Waals surface area contributed by atoms with Gasteiger partial charge >= 0.3 is 6.36 Å². The number of nitrogens with zero attached hydrogens (tertiary/aromatic N) is 2. The highest BCUT2D eigenvalue weighted by molar-refractivity contribution is 7.12. The summed E-state index contributed by atoms with van der Waals surface area (Å²) in [4.78, 5) is 16.3. The van der Waals surface area contributed by atoms with Crippen molar-refractivity contribution >= 4 is 22.9 Å². The summed E-state index contributed by atoms with van der Waals surface area (Å²) in [7, 11) is 0. The first kappa shape index (κ1) is 16.1. The van der Waals surface area contributed by atoms with Crippen LogP contribution in [0.15, 0.2) is 54.2 Å². The van der Waals surface area contributed by atoms with E-state index in [0.717, 1.165) is 12.1 Å². The zero-order chi connectivity index (χ0) is 17.2. The smallest absolute Gasteiger partial charge is 0.406 e. The average molecular weight is 353 g/mol. The van der Waals surface area contributed by atoms with Crippen LogP contribution in [-0.4, -0.2) is 21.8 Å². The summed E-state index contributed by atoms with van der Waals surface area (Å²) in [5.74, 6) is -0.807. The second kappa shape index (κ2) is 6.36. The Balaban J connectivity index is 1.66. The molecule has 0 unspecified atom stereocenters. The molecule has 2 heterocycles. The highest BCUT2D eigenvalue weighted by Crippen LogP contribution is 2.24. The number of carbonyl (C=O) groups excluding carboxylic acids is 1. The predicted octanol–water partition coefficient (Wildman–Crippen LogP) is 4.08. The van der Waals surface area contributed by atoms with E-state index >= 15 is 0 Å². The third kappa shape index (κ3) is 3.93. The van der Waals surface area contributed by atoms with Crippen LogP contribution >= 0.6 is 11.3 Å². The lowest BCUT2D eigenvalue weighted by Crippen LogP contribution is -2.17. The molecule has 1 N–H and O–H groups in total. The monoisotopic (exact) mass is 353 g/mol. The highest BCUT2D eigenvalue weighted by Gasteiger charge is 2.30. The van der Waals surface area contributed by atoms with E-state index < -0.39 is 12.3 Å². The summed E-state index contributed by atoms with van der Waals surface area (Å²) in [5.41, 5.74) is 0.560. The maximum Gasteiger partial charge on any atom is 0.573 e. The maximum absolute atomic E-state index is 12.1. The van der Waals surface area contributed by atoms with Gasteiger partial charge in [0, 0.05) is 23.5 Å². The van der Waals surface area contributed by atoms with Crippen LogP contribution in [-0.2, 0) is 0 Å². The van der Waals surface area contributed by atoms with E-state index in [1.165, 1.54) is 23.5 Å². The predicted molar refractivity (Wildman–Crippen MR) is 82.5 cm³/mol. The van der Waals surface area contributed by atoms with Crippen molar-refractivity contribution in [1.29, 1.82) is 0 Å². The SMILES string of the molecule is O=C(Nc1ccc(OC(F)(F)F)cc1)c1csc(-n2cccc2)n1. The maximum atomic E-state index is 12.1. The molecule has 0 atom stereocenters. The van der Waals surface area contributed by atoms with E-state index in [1.54, 1.807) is 22.3 Å². The number of nitrogens with one attached hydrogen (secondary N) is 1. The molecule has 1 aromatic carbocycles. The number of aromatic nitrogens is 2. The van der Waals surface area contributed by atoms with Crippen LogP contribution in [0.4, 0.5) is 18.9 Å². The summed E-state index contributed by atoms with van der Waals surface area (Å²) in [6, 6.07) is 8.55. The first-order chi connectivity index (χ1) is 11.4. The van der Waals surface area contributed by atoms with Crippen LogP contribution in [0.3, 0.4) is 0 Å². The van der Waals surface area contributed by atoms with E-state index in [-0.39, 0.29) is 11.4 Å². The van der Waals surface area contributed by atoms with Crippen molar-refractivity contribution in [3.63, 3.8) is 0 Å². The van der Waals surface area contributed by atoms with Crippen molar-refractivity contribution in [2.45, 2.75) is 6.36 Å². The van der Waals surface area contributed by atoms with Crippen LogP contribution in [0, 0.1) is 0 Å². The normalized spacial score (nSPS) is 11.3. The van der Waals surface area contributed by atoms with Gasteiger partial charge in [-0.2, -0.15) is 0 Å². The quantitative estimate of drug-likeness (QED) is 0.769. The summed E-state index contributed by atoms with van der Waals surface area (Å²) >= 11 is 1.30. The van der Waals surface area contributed by atoms with Gasteiger partial charge in [-0.1, -0.05) is 0 Å². The van der Waals surface area contributed by atoms with Gasteiger partial charge in [0.2, 0.25) is 0 Å². The number of alkyl halides is 3. The fraction of sp³-hybridized carbons (Fsp3) is 0.0667. The molecule has 0 bridgehead atoms. The van der Waals surface area contributed by atoms with Gasteiger partial charge in [-0.05, 0) is 36.4 Å². The second-order valence-corrected chi connectivity index (χ2v) is 5.47. The summed E-state index contributed by atoms with van der Waals surface area (Å²) in [5, 5.41) is 4.81. The average Bonchev–Trinajstić information content (AvgIpc) is 3.18. The molecular formula is C15H10F3N3O2S. The number of ether oxygens (including phenoxy) is 1. The van der Waals surface area contributed by atoms with Crippen molar-refractivity contribution in [2.24, 2.45) is 0 Å². The molecule has 24 heavy (non-hydrogen) atoms. The number of amides is 1. The summed E-state index contributed by atoms with van der Waals surface area (Å²) in [6.07, 6.45) is -1.14. The fourth-order valence-electron chi connectivity index (χ4n) is 1.88. The van der Waals surface area contributed by atoms with Gasteiger partial charge < -0.3 is 14.6 Å². The van der Waals surface area contributed by atoms with Crippen molar-refractivity contribution in [3.05, 3.63) is 59.9 Å². The minimum atomic E-state index is -4.75. The van der Waals surface area contributed by atoms with Crippen molar-refractivity contribution < 1.29 is 22.7 Å². The molecule has 0 radical (unpaired) electrons. The minimum absolute atomic E-state index is 0.222. The van der Waals surface area contributed by atoms with E-state index in [1.807, 2.05) is 12.1 Å². The van der Waals surface area contributed by atoms with Crippen molar-refractivity contribution in [2.75, 3.05) is 5.32 Å². The molecule has 1 amide bonds. The van der Waals surface area contributed by atoms with Gasteiger partial charge in [-0.3, -0.25) is 4.79 Å². The van der Waals surface area contributed by atoms with Gasteiger partial charge in [-0.15, -0.1) is 24.5 Å². The van der Waals surface area contributed by atoms with Gasteiger partial charge in [0.25, 0.3) is 5.91 Å². The Hall–Kier alpha value is -2.81. The van der Waals surface area contributed by atoms with Crippen LogP contribution in [0.2, 0.25) is 0 Å². The first-order valence-corrected chi connectivity index (χ1v) is 7.55. The molecule has 0 saturated carbocycles. The number of rotatable bonds is 4. The Kier molecular flexibility index (Phi) is 4.26. The number of hydrogen-bond donors (Lipinski definition) is 1. The summed E-state index contributed by atoms with van der Waals surface area (Å²) < 4.78 is 41.8. The Labute approximate surface area is 138 Å². The standard InChI is InChI=1S/C15H10F3N3O2S/c16-15(17,18)23-11-5-3-10(4-6-11)19-13(22)12-9-24-14(20-12)21-7-1-2-8-21/h1-9H,(H,19,22). The van der Waals surface area contributed by atoms with Gasteiger partial charge in [0.15, 0.2) is 5.13 Å².